The van der Waals surface area contributed by atoms with Gasteiger partial charge in [0.25, 0.3) is 11.1 Å². The van der Waals surface area contributed by atoms with E-state index in [2.05, 4.69) is 15.9 Å². The number of unbranched alkanes of at least 4 members (excludes halogenated alkanes) is 1. The van der Waals surface area contributed by atoms with Gasteiger partial charge in [-0.25, -0.2) is 0 Å². The highest BCUT2D eigenvalue weighted by molar-refractivity contribution is 9.10. The first-order valence-corrected chi connectivity index (χ1v) is 11.4. The zero-order valence-electron chi connectivity index (χ0n) is 16.6. The van der Waals surface area contributed by atoms with Crippen molar-refractivity contribution >= 4 is 56.5 Å². The van der Waals surface area contributed by atoms with E-state index in [0.29, 0.717) is 34.6 Å². The molecule has 5 nitrogen and oxygen atoms in total. The van der Waals surface area contributed by atoms with Crippen molar-refractivity contribution < 1.29 is 19.1 Å². The molecule has 158 valence electrons. The maximum absolute atomic E-state index is 12.6. The van der Waals surface area contributed by atoms with Crippen molar-refractivity contribution in [3.8, 4) is 11.5 Å². The second kappa shape index (κ2) is 10.4. The van der Waals surface area contributed by atoms with Crippen molar-refractivity contribution in [1.82, 2.24) is 4.90 Å². The molecular weight excluding hydrogens is 490 g/mol. The monoisotopic (exact) mass is 509 g/mol. The van der Waals surface area contributed by atoms with Crippen LogP contribution in [0.4, 0.5) is 4.79 Å². The van der Waals surface area contributed by atoms with Crippen LogP contribution in [0.15, 0.2) is 45.8 Å². The molecule has 1 heterocycles. The molecule has 0 unspecified atom stereocenters. The molecule has 1 aliphatic rings. The summed E-state index contributed by atoms with van der Waals surface area (Å²) in [5.74, 6) is 0.837. The van der Waals surface area contributed by atoms with Crippen molar-refractivity contribution in [2.24, 2.45) is 0 Å². The maximum atomic E-state index is 12.6. The fourth-order valence-electron chi connectivity index (χ4n) is 2.83. The number of amides is 2. The van der Waals surface area contributed by atoms with Crippen molar-refractivity contribution in [2.75, 3.05) is 13.7 Å². The number of rotatable bonds is 8. The van der Waals surface area contributed by atoms with Crippen molar-refractivity contribution in [2.45, 2.75) is 26.4 Å². The summed E-state index contributed by atoms with van der Waals surface area (Å²) < 4.78 is 12.1. The molecule has 0 bridgehead atoms. The van der Waals surface area contributed by atoms with E-state index in [1.165, 1.54) is 4.90 Å². The average Bonchev–Trinajstić information content (AvgIpc) is 3.00. The molecule has 8 heteroatoms. The van der Waals surface area contributed by atoms with Crippen LogP contribution in [0, 0.1) is 0 Å². The van der Waals surface area contributed by atoms with Crippen LogP contribution in [-0.2, 0) is 11.4 Å². The van der Waals surface area contributed by atoms with Crippen LogP contribution in [0.2, 0.25) is 5.02 Å². The second-order valence-corrected chi connectivity index (χ2v) is 8.91. The summed E-state index contributed by atoms with van der Waals surface area (Å²) in [5, 5.41) is 0.438. The Kier molecular flexibility index (Phi) is 7.86. The van der Waals surface area contributed by atoms with Crippen molar-refractivity contribution in [3.63, 3.8) is 0 Å². The number of hydrogen-bond acceptors (Lipinski definition) is 5. The van der Waals surface area contributed by atoms with E-state index in [9.17, 15) is 9.59 Å². The summed E-state index contributed by atoms with van der Waals surface area (Å²) in [6.07, 6.45) is 3.41. The maximum Gasteiger partial charge on any atom is 0.293 e. The fourth-order valence-corrected chi connectivity index (χ4v) is 4.24. The Hall–Kier alpha value is -1.96. The lowest BCUT2D eigenvalue weighted by Gasteiger charge is -2.13. The number of carbonyl (C=O) groups is 2. The topological polar surface area (TPSA) is 55.8 Å². The highest BCUT2D eigenvalue weighted by atomic mass is 79.9. The Morgan fingerprint density at radius 2 is 1.90 bits per heavy atom. The van der Waals surface area contributed by atoms with E-state index in [0.717, 1.165) is 40.2 Å². The van der Waals surface area contributed by atoms with Crippen LogP contribution >= 0.6 is 39.3 Å². The van der Waals surface area contributed by atoms with E-state index < -0.39 is 0 Å². The molecule has 3 rings (SSSR count). The molecule has 0 aliphatic carbocycles. The smallest absolute Gasteiger partial charge is 0.293 e. The first-order valence-electron chi connectivity index (χ1n) is 9.43. The first kappa shape index (κ1) is 22.7. The molecule has 0 N–H and O–H groups in total. The zero-order chi connectivity index (χ0) is 21.7. The predicted octanol–water partition coefficient (Wildman–Crippen LogP) is 6.53. The molecule has 0 atom stereocenters. The molecular formula is C22H21BrClNO4S. The number of benzene rings is 2. The lowest BCUT2D eigenvalue weighted by atomic mass is 10.1. The SMILES string of the molecule is CCCCN1C(=O)S/C(=C\c2cc(OC)c(OCc3ccc(Cl)cc3)cc2Br)C1=O. The van der Waals surface area contributed by atoms with Crippen LogP contribution in [-0.4, -0.2) is 29.7 Å². The van der Waals surface area contributed by atoms with Crippen LogP contribution in [0.25, 0.3) is 6.08 Å². The normalized spacial score (nSPS) is 15.2. The van der Waals surface area contributed by atoms with Gasteiger partial charge in [0.1, 0.15) is 6.61 Å². The number of imide groups is 1. The molecule has 0 aromatic heterocycles. The van der Waals surface area contributed by atoms with Gasteiger partial charge in [0.2, 0.25) is 0 Å². The molecule has 0 spiro atoms. The van der Waals surface area contributed by atoms with Crippen LogP contribution in [0.3, 0.4) is 0 Å². The van der Waals surface area contributed by atoms with Gasteiger partial charge in [-0.1, -0.05) is 53.0 Å². The largest absolute Gasteiger partial charge is 0.493 e. The minimum atomic E-state index is -0.257. The highest BCUT2D eigenvalue weighted by Gasteiger charge is 2.34. The predicted molar refractivity (Wildman–Crippen MR) is 124 cm³/mol. The number of ether oxygens (including phenoxy) is 2. The molecule has 2 aromatic carbocycles. The molecule has 1 fully saturated rings. The van der Waals surface area contributed by atoms with E-state index in [1.54, 1.807) is 25.3 Å². The third-order valence-corrected chi connectivity index (χ3v) is 6.33. The number of nitrogens with zero attached hydrogens (tertiary/aromatic N) is 1. The molecule has 2 aromatic rings. The van der Waals surface area contributed by atoms with Gasteiger partial charge < -0.3 is 9.47 Å². The molecule has 0 saturated carbocycles. The van der Waals surface area contributed by atoms with Gasteiger partial charge in [-0.15, -0.1) is 0 Å². The lowest BCUT2D eigenvalue weighted by molar-refractivity contribution is -0.122. The fraction of sp³-hybridized carbons (Fsp3) is 0.273. The van der Waals surface area contributed by atoms with Gasteiger partial charge in [0, 0.05) is 16.0 Å². The second-order valence-electron chi connectivity index (χ2n) is 6.63. The van der Waals surface area contributed by atoms with Crippen LogP contribution in [0.5, 0.6) is 11.5 Å². The highest BCUT2D eigenvalue weighted by Crippen LogP contribution is 2.38. The minimum Gasteiger partial charge on any atom is -0.493 e. The summed E-state index contributed by atoms with van der Waals surface area (Å²) in [6.45, 7) is 2.82. The summed E-state index contributed by atoms with van der Waals surface area (Å²) >= 11 is 10.4. The Morgan fingerprint density at radius 1 is 1.17 bits per heavy atom. The van der Waals surface area contributed by atoms with E-state index in [-0.39, 0.29) is 11.1 Å². The van der Waals surface area contributed by atoms with Gasteiger partial charge in [-0.2, -0.15) is 0 Å². The first-order chi connectivity index (χ1) is 14.4. The minimum absolute atomic E-state index is 0.231. The molecule has 1 saturated heterocycles. The van der Waals surface area contributed by atoms with E-state index in [1.807, 2.05) is 31.2 Å². The van der Waals surface area contributed by atoms with Gasteiger partial charge in [0.05, 0.1) is 12.0 Å². The Bertz CT molecular complexity index is 978. The third kappa shape index (κ3) is 5.39. The Labute approximate surface area is 193 Å². The number of hydrogen-bond donors (Lipinski definition) is 0. The molecule has 0 radical (unpaired) electrons. The van der Waals surface area contributed by atoms with Crippen molar-refractivity contribution in [3.05, 3.63) is 61.9 Å². The average molecular weight is 511 g/mol. The molecule has 30 heavy (non-hydrogen) atoms. The van der Waals surface area contributed by atoms with E-state index >= 15 is 0 Å². The number of halogens is 2. The zero-order valence-corrected chi connectivity index (χ0v) is 19.8. The van der Waals surface area contributed by atoms with Gasteiger partial charge in [-0.3, -0.25) is 14.5 Å². The quantitative estimate of drug-likeness (QED) is 0.378. The number of thioether (sulfide) groups is 1. The molecule has 2 amide bonds. The Balaban J connectivity index is 1.80. The number of methoxy groups -OCH3 is 1. The number of carbonyl (C=O) groups excluding carboxylic acids is 2. The van der Waals surface area contributed by atoms with Crippen LogP contribution in [0.1, 0.15) is 30.9 Å². The summed E-state index contributed by atoms with van der Waals surface area (Å²) in [5.41, 5.74) is 1.70. The third-order valence-electron chi connectivity index (χ3n) is 4.49. The summed E-state index contributed by atoms with van der Waals surface area (Å²) in [6, 6.07) is 11.0. The Morgan fingerprint density at radius 3 is 2.57 bits per heavy atom. The van der Waals surface area contributed by atoms with E-state index in [4.69, 9.17) is 21.1 Å². The van der Waals surface area contributed by atoms with Gasteiger partial charge in [-0.05, 0) is 59.7 Å². The van der Waals surface area contributed by atoms with Gasteiger partial charge in [0.15, 0.2) is 11.5 Å². The lowest BCUT2D eigenvalue weighted by Crippen LogP contribution is -2.29. The van der Waals surface area contributed by atoms with Crippen molar-refractivity contribution in [1.29, 1.82) is 0 Å². The van der Waals surface area contributed by atoms with Crippen LogP contribution < -0.4 is 9.47 Å². The summed E-state index contributed by atoms with van der Waals surface area (Å²) in [4.78, 5) is 26.4. The summed E-state index contributed by atoms with van der Waals surface area (Å²) in [7, 11) is 1.56. The van der Waals surface area contributed by atoms with Gasteiger partial charge >= 0.3 is 0 Å². The molecule has 1 aliphatic heterocycles. The standard InChI is InChI=1S/C22H21BrClNO4S/c1-3-4-9-25-21(26)20(30-22(25)27)11-15-10-18(28-2)19(12-17(15)23)29-13-14-5-7-16(24)8-6-14/h5-8,10-12H,3-4,9,13H2,1-2H3/b20-11-.